The number of unbranched alkanes of at least 4 members (excludes halogenated alkanes) is 1. The Balaban J connectivity index is 1.58. The largest absolute Gasteiger partial charge is 0.394 e. The standard InChI is InChI=1S/C29H37N3O5/c1-4-5-15-30-16-10-14-29-23(26(35)32(20(2)19-33)24(29)27(30)36)22-25(34)31(17-9-13-28(22,3)37-29)18-21-11-7-6-8-12-21/h6-14,20,22-24,33H,4-5,15-19H2,1-3H3/t20-,22-,23+,24?,28+,29+/m1/s1. The molecule has 5 rings (SSSR count). The number of carbonyl (C=O) groups is 3. The Morgan fingerprint density at radius 1 is 1.00 bits per heavy atom. The van der Waals surface area contributed by atoms with Crippen LogP contribution < -0.4 is 0 Å². The number of aliphatic hydroxyl groups excluding tert-OH is 1. The summed E-state index contributed by atoms with van der Waals surface area (Å²) in [5.41, 5.74) is -1.32. The van der Waals surface area contributed by atoms with E-state index in [2.05, 4.69) is 6.92 Å². The van der Waals surface area contributed by atoms with Crippen LogP contribution in [0, 0.1) is 11.8 Å². The molecule has 37 heavy (non-hydrogen) atoms. The molecule has 198 valence electrons. The lowest BCUT2D eigenvalue weighted by atomic mass is 9.74. The van der Waals surface area contributed by atoms with E-state index >= 15 is 0 Å². The summed E-state index contributed by atoms with van der Waals surface area (Å²) in [4.78, 5) is 47.4. The summed E-state index contributed by atoms with van der Waals surface area (Å²) in [6, 6.07) is 8.25. The summed E-state index contributed by atoms with van der Waals surface area (Å²) in [5, 5.41) is 10.1. The summed E-state index contributed by atoms with van der Waals surface area (Å²) in [6.07, 6.45) is 9.39. The quantitative estimate of drug-likeness (QED) is 0.571. The predicted octanol–water partition coefficient (Wildman–Crippen LogP) is 2.14. The number of amides is 3. The fourth-order valence-corrected chi connectivity index (χ4v) is 6.62. The number of fused-ring (bicyclic) bond motifs is 2. The molecule has 0 aromatic heterocycles. The molecular formula is C29H37N3O5. The zero-order valence-corrected chi connectivity index (χ0v) is 21.9. The predicted molar refractivity (Wildman–Crippen MR) is 138 cm³/mol. The highest BCUT2D eigenvalue weighted by molar-refractivity contribution is 6.00. The molecule has 0 radical (unpaired) electrons. The van der Waals surface area contributed by atoms with Gasteiger partial charge in [0.05, 0.1) is 30.1 Å². The van der Waals surface area contributed by atoms with Crippen LogP contribution in [0.2, 0.25) is 0 Å². The van der Waals surface area contributed by atoms with E-state index in [4.69, 9.17) is 4.74 Å². The molecular weight excluding hydrogens is 470 g/mol. The molecule has 1 spiro atoms. The Labute approximate surface area is 218 Å². The van der Waals surface area contributed by atoms with Gasteiger partial charge in [-0.05, 0) is 25.8 Å². The van der Waals surface area contributed by atoms with Gasteiger partial charge in [-0.25, -0.2) is 0 Å². The second kappa shape index (κ2) is 9.72. The van der Waals surface area contributed by atoms with Crippen molar-refractivity contribution in [2.45, 2.75) is 63.4 Å². The Kier molecular flexibility index (Phi) is 6.75. The zero-order valence-electron chi connectivity index (χ0n) is 21.9. The molecule has 4 aliphatic rings. The van der Waals surface area contributed by atoms with E-state index in [1.807, 2.05) is 61.6 Å². The van der Waals surface area contributed by atoms with Crippen molar-refractivity contribution in [3.05, 3.63) is 60.2 Å². The first-order valence-electron chi connectivity index (χ1n) is 13.4. The lowest BCUT2D eigenvalue weighted by Gasteiger charge is -2.39. The van der Waals surface area contributed by atoms with Crippen LogP contribution in [-0.2, 0) is 25.7 Å². The van der Waals surface area contributed by atoms with Crippen LogP contribution in [0.4, 0.5) is 0 Å². The maximum Gasteiger partial charge on any atom is 0.249 e. The molecule has 2 saturated heterocycles. The molecule has 1 unspecified atom stereocenters. The molecule has 0 saturated carbocycles. The van der Waals surface area contributed by atoms with Crippen molar-refractivity contribution < 1.29 is 24.2 Å². The smallest absolute Gasteiger partial charge is 0.249 e. The molecule has 6 atom stereocenters. The van der Waals surface area contributed by atoms with Crippen LogP contribution in [0.25, 0.3) is 0 Å². The highest BCUT2D eigenvalue weighted by Crippen LogP contribution is 2.57. The van der Waals surface area contributed by atoms with E-state index in [9.17, 15) is 19.5 Å². The van der Waals surface area contributed by atoms with E-state index in [0.29, 0.717) is 26.2 Å². The second-order valence-electron chi connectivity index (χ2n) is 10.9. The van der Waals surface area contributed by atoms with Crippen molar-refractivity contribution >= 4 is 17.7 Å². The molecule has 1 aromatic carbocycles. The van der Waals surface area contributed by atoms with Crippen molar-refractivity contribution in [2.24, 2.45) is 11.8 Å². The fourth-order valence-electron chi connectivity index (χ4n) is 6.62. The van der Waals surface area contributed by atoms with Crippen LogP contribution in [0.5, 0.6) is 0 Å². The van der Waals surface area contributed by atoms with Gasteiger partial charge < -0.3 is 24.5 Å². The molecule has 8 nitrogen and oxygen atoms in total. The van der Waals surface area contributed by atoms with Crippen LogP contribution in [0.3, 0.4) is 0 Å². The minimum absolute atomic E-state index is 0.156. The van der Waals surface area contributed by atoms with E-state index in [1.165, 1.54) is 4.90 Å². The average molecular weight is 508 g/mol. The van der Waals surface area contributed by atoms with E-state index < -0.39 is 35.1 Å². The average Bonchev–Trinajstić information content (AvgIpc) is 3.18. The van der Waals surface area contributed by atoms with Crippen molar-refractivity contribution in [3.63, 3.8) is 0 Å². The van der Waals surface area contributed by atoms with Gasteiger partial charge in [0, 0.05) is 26.2 Å². The highest BCUT2D eigenvalue weighted by atomic mass is 16.5. The van der Waals surface area contributed by atoms with Crippen LogP contribution >= 0.6 is 0 Å². The summed E-state index contributed by atoms with van der Waals surface area (Å²) in [7, 11) is 0. The topological polar surface area (TPSA) is 90.4 Å². The minimum atomic E-state index is -1.28. The van der Waals surface area contributed by atoms with Gasteiger partial charge in [0.25, 0.3) is 0 Å². The highest BCUT2D eigenvalue weighted by Gasteiger charge is 2.75. The van der Waals surface area contributed by atoms with Crippen molar-refractivity contribution in [3.8, 4) is 0 Å². The van der Waals surface area contributed by atoms with Gasteiger partial charge in [-0.15, -0.1) is 0 Å². The molecule has 1 N–H and O–H groups in total. The Morgan fingerprint density at radius 3 is 2.41 bits per heavy atom. The molecule has 4 heterocycles. The third-order valence-electron chi connectivity index (χ3n) is 8.40. The van der Waals surface area contributed by atoms with Crippen molar-refractivity contribution in [2.75, 3.05) is 26.2 Å². The van der Waals surface area contributed by atoms with Crippen LogP contribution in [-0.4, -0.2) is 87.1 Å². The summed E-state index contributed by atoms with van der Waals surface area (Å²) < 4.78 is 6.80. The summed E-state index contributed by atoms with van der Waals surface area (Å²) in [5.74, 6) is -2.31. The molecule has 1 aromatic rings. The first-order chi connectivity index (χ1) is 17.8. The fraction of sp³-hybridized carbons (Fsp3) is 0.552. The normalized spacial score (nSPS) is 33.8. The number of aliphatic hydroxyl groups is 1. The van der Waals surface area contributed by atoms with Gasteiger partial charge >= 0.3 is 0 Å². The van der Waals surface area contributed by atoms with Crippen molar-refractivity contribution in [1.29, 1.82) is 0 Å². The Morgan fingerprint density at radius 2 is 1.70 bits per heavy atom. The summed E-state index contributed by atoms with van der Waals surface area (Å²) >= 11 is 0. The minimum Gasteiger partial charge on any atom is -0.394 e. The summed E-state index contributed by atoms with van der Waals surface area (Å²) in [6.45, 7) is 7.22. The zero-order chi connectivity index (χ0) is 26.4. The van der Waals surface area contributed by atoms with Gasteiger partial charge in [0.1, 0.15) is 11.6 Å². The number of rotatable bonds is 7. The Hall–Kier alpha value is -2.97. The van der Waals surface area contributed by atoms with Crippen LogP contribution in [0.15, 0.2) is 54.6 Å². The Bertz CT molecular complexity index is 1120. The number of hydrogen-bond donors (Lipinski definition) is 1. The monoisotopic (exact) mass is 507 g/mol. The number of hydrogen-bond acceptors (Lipinski definition) is 5. The van der Waals surface area contributed by atoms with Crippen LogP contribution in [0.1, 0.15) is 39.2 Å². The number of ether oxygens (including phenoxy) is 1. The number of nitrogens with zero attached hydrogens (tertiary/aromatic N) is 3. The number of carbonyl (C=O) groups excluding carboxylic acids is 3. The molecule has 0 bridgehead atoms. The van der Waals surface area contributed by atoms with Gasteiger partial charge in [0.15, 0.2) is 0 Å². The molecule has 3 amide bonds. The molecule has 2 fully saturated rings. The number of benzene rings is 1. The van der Waals surface area contributed by atoms with E-state index in [0.717, 1.165) is 18.4 Å². The van der Waals surface area contributed by atoms with E-state index in [1.54, 1.807) is 16.7 Å². The van der Waals surface area contributed by atoms with E-state index in [-0.39, 0.29) is 24.3 Å². The van der Waals surface area contributed by atoms with Gasteiger partial charge in [-0.3, -0.25) is 14.4 Å². The SMILES string of the molecule is CCCCN1CC=C[C@]23O[C@@]4(C)C=CCN(Cc5ccccc5)C(=O)[C@H]4[C@H]2C(=O)N([C@H](C)CO)C3C1=O. The third-order valence-corrected chi connectivity index (χ3v) is 8.40. The maximum absolute atomic E-state index is 14.2. The number of likely N-dealkylation sites (tertiary alicyclic amines) is 1. The third kappa shape index (κ3) is 4.01. The molecule has 8 heteroatoms. The first-order valence-corrected chi connectivity index (χ1v) is 13.4. The first kappa shape index (κ1) is 25.7. The van der Waals surface area contributed by atoms with Gasteiger partial charge in [-0.1, -0.05) is 68.0 Å². The second-order valence-corrected chi connectivity index (χ2v) is 10.9. The van der Waals surface area contributed by atoms with Crippen molar-refractivity contribution in [1.82, 2.24) is 14.7 Å². The molecule has 0 aliphatic carbocycles. The lowest BCUT2D eigenvalue weighted by molar-refractivity contribution is -0.155. The maximum atomic E-state index is 14.2. The molecule has 4 aliphatic heterocycles. The lowest BCUT2D eigenvalue weighted by Crippen LogP contribution is -2.58. The van der Waals surface area contributed by atoms with Gasteiger partial charge in [-0.2, -0.15) is 0 Å². The van der Waals surface area contributed by atoms with Gasteiger partial charge in [0.2, 0.25) is 17.7 Å².